The van der Waals surface area contributed by atoms with Gasteiger partial charge in [0.25, 0.3) is 11.4 Å². The molecule has 0 bridgehead atoms. The van der Waals surface area contributed by atoms with Gasteiger partial charge in [-0.05, 0) is 66.9 Å². The van der Waals surface area contributed by atoms with Crippen LogP contribution in [0.5, 0.6) is 11.5 Å². The molecule has 21 nitrogen and oxygen atoms in total. The van der Waals surface area contributed by atoms with Crippen LogP contribution in [-0.2, 0) is 26.0 Å². The summed E-state index contributed by atoms with van der Waals surface area (Å²) in [6.07, 6.45) is 0. The van der Waals surface area contributed by atoms with Crippen molar-refractivity contribution in [3.05, 3.63) is 153 Å². The molecule has 2 heterocycles. The molecular formula is C43H25N7Na2O14S2. The summed E-state index contributed by atoms with van der Waals surface area (Å²) in [5, 5.41) is 48.2. The molecule has 68 heavy (non-hydrogen) atoms. The molecule has 0 N–H and O–H groups in total. The predicted octanol–water partition coefficient (Wildman–Crippen LogP) is 1.16. The zero-order chi connectivity index (χ0) is 46.4. The van der Waals surface area contributed by atoms with Crippen molar-refractivity contribution in [1.82, 2.24) is 24.5 Å². The van der Waals surface area contributed by atoms with Crippen LogP contribution in [0.2, 0.25) is 0 Å². The number of nitro benzene ring substituents is 2. The maximum Gasteiger partial charge on any atom is 1.00 e. The Kier molecular flexibility index (Phi) is 14.8. The van der Waals surface area contributed by atoms with Crippen LogP contribution in [0, 0.1) is 20.2 Å². The van der Waals surface area contributed by atoms with E-state index in [1.54, 1.807) is 0 Å². The number of fused-ring (bicyclic) bond motifs is 6. The van der Waals surface area contributed by atoms with Crippen LogP contribution in [-0.4, -0.2) is 59.3 Å². The summed E-state index contributed by atoms with van der Waals surface area (Å²) < 4.78 is 55.2. The summed E-state index contributed by atoms with van der Waals surface area (Å²) in [5.74, 6) is -2.13. The van der Waals surface area contributed by atoms with Crippen molar-refractivity contribution in [3.8, 4) is 28.6 Å². The van der Waals surface area contributed by atoms with E-state index in [9.17, 15) is 48.0 Å². The van der Waals surface area contributed by atoms with Crippen LogP contribution < -0.4 is 73.8 Å². The number of carbonyl (C=O) groups excluding carboxylic acids is 2. The van der Waals surface area contributed by atoms with Crippen molar-refractivity contribution in [1.29, 1.82) is 0 Å². The third-order valence-electron chi connectivity index (χ3n) is 10.4. The molecule has 0 spiro atoms. The Morgan fingerprint density at radius 2 is 1.34 bits per heavy atom. The minimum Gasteiger partial charge on any atom is -0.744 e. The first kappa shape index (κ1) is 49.7. The Labute approximate surface area is 430 Å². The second-order valence-corrected chi connectivity index (χ2v) is 16.3. The number of ether oxygens (including phenoxy) is 2. The van der Waals surface area contributed by atoms with Crippen LogP contribution in [0.3, 0.4) is 0 Å². The molecule has 0 saturated carbocycles. The summed E-state index contributed by atoms with van der Waals surface area (Å²) in [7, 11) is -5.09. The molecule has 0 unspecified atom stereocenters. The van der Waals surface area contributed by atoms with E-state index in [4.69, 9.17) is 14.5 Å². The van der Waals surface area contributed by atoms with Crippen LogP contribution in [0.15, 0.2) is 131 Å². The average molecular weight is 974 g/mol. The third-order valence-corrected chi connectivity index (χ3v) is 11.8. The van der Waals surface area contributed by atoms with Gasteiger partial charge in [0.2, 0.25) is 0 Å². The number of nitro groups is 2. The second-order valence-electron chi connectivity index (χ2n) is 14.2. The third kappa shape index (κ3) is 9.60. The smallest absolute Gasteiger partial charge is 0.744 e. The van der Waals surface area contributed by atoms with Gasteiger partial charge in [0.1, 0.15) is 38.4 Å². The Bertz CT molecular complexity index is 3610. The van der Waals surface area contributed by atoms with E-state index in [2.05, 4.69) is 19.6 Å². The van der Waals surface area contributed by atoms with Crippen LogP contribution in [0.25, 0.3) is 60.7 Å². The fraction of sp³-hybridized carbons (Fsp3) is 0.0465. The number of hydrogen-bond donors (Lipinski definition) is 0. The summed E-state index contributed by atoms with van der Waals surface area (Å²) in [5.41, 5.74) is 0.613. The van der Waals surface area contributed by atoms with E-state index < -0.39 is 36.8 Å². The van der Waals surface area contributed by atoms with E-state index in [-0.39, 0.29) is 137 Å². The first-order valence-electron chi connectivity index (χ1n) is 19.1. The van der Waals surface area contributed by atoms with Gasteiger partial charge in [-0.3, -0.25) is 25.3 Å². The summed E-state index contributed by atoms with van der Waals surface area (Å²) in [6.45, 7) is 2.21. The first-order valence-corrected chi connectivity index (χ1v) is 21.3. The molecule has 0 fully saturated rings. The molecular weight excluding hydrogens is 949 g/mol. The topological polar surface area (TPSA) is 286 Å². The monoisotopic (exact) mass is 973 g/mol. The summed E-state index contributed by atoms with van der Waals surface area (Å²) in [4.78, 5) is 54.6. The van der Waals surface area contributed by atoms with Gasteiger partial charge in [-0.1, -0.05) is 36.4 Å². The Hall–Kier alpha value is -6.19. The number of aryl methyl sites for hydroxylation is 1. The SMILES string of the molecule is CCn1c(-c2cc(OC(=O)c3ccc([N+](=O)[O-])cc3)c(-n3nc4ccc5c(SOO[O-])cc(S(=O)(=O)[O-])cc5c4n3)cc2OC(=O)c2ccc([N+](=O)[O-])cc2)nc2ccc3ccccc3c21.[Na+].[Na+]. The number of benzene rings is 7. The van der Waals surface area contributed by atoms with Crippen molar-refractivity contribution in [3.63, 3.8) is 0 Å². The first-order chi connectivity index (χ1) is 31.7. The number of esters is 2. The molecule has 7 aromatic carbocycles. The largest absolute Gasteiger partial charge is 1.00 e. The van der Waals surface area contributed by atoms with E-state index >= 15 is 0 Å². The average Bonchev–Trinajstić information content (AvgIpc) is 3.93. The van der Waals surface area contributed by atoms with Gasteiger partial charge in [0.15, 0.2) is 5.75 Å². The molecule has 0 aliphatic heterocycles. The Balaban J connectivity index is 0.00000342. The van der Waals surface area contributed by atoms with Gasteiger partial charge in [0, 0.05) is 57.9 Å². The van der Waals surface area contributed by atoms with E-state index in [1.807, 2.05) is 47.9 Å². The minimum absolute atomic E-state index is 0. The molecule has 0 aliphatic rings. The van der Waals surface area contributed by atoms with Crippen molar-refractivity contribution in [2.45, 2.75) is 23.3 Å². The van der Waals surface area contributed by atoms with Gasteiger partial charge in [-0.2, -0.15) is 4.33 Å². The van der Waals surface area contributed by atoms with Gasteiger partial charge >= 0.3 is 71.1 Å². The summed E-state index contributed by atoms with van der Waals surface area (Å²) in [6, 6.07) is 28.2. The number of aromatic nitrogens is 5. The molecule has 0 aliphatic carbocycles. The molecule has 0 atom stereocenters. The van der Waals surface area contributed by atoms with Gasteiger partial charge in [-0.15, -0.1) is 15.0 Å². The van der Waals surface area contributed by atoms with Crippen LogP contribution in [0.4, 0.5) is 11.4 Å². The van der Waals surface area contributed by atoms with Crippen molar-refractivity contribution < 1.29 is 116 Å². The maximum atomic E-state index is 14.0. The number of hydrogen-bond acceptors (Lipinski definition) is 18. The minimum atomic E-state index is -5.09. The molecule has 9 aromatic rings. The van der Waals surface area contributed by atoms with Crippen molar-refractivity contribution in [2.24, 2.45) is 0 Å². The van der Waals surface area contributed by atoms with Gasteiger partial charge in [-0.25, -0.2) is 23.0 Å². The second kappa shape index (κ2) is 20.2. The van der Waals surface area contributed by atoms with E-state index in [0.717, 1.165) is 57.5 Å². The number of non-ortho nitro benzene ring substituents is 2. The molecule has 2 aromatic heterocycles. The number of imidazole rings is 1. The molecule has 9 rings (SSSR count). The fourth-order valence-electron chi connectivity index (χ4n) is 7.34. The zero-order valence-electron chi connectivity index (χ0n) is 35.4. The molecule has 0 amide bonds. The van der Waals surface area contributed by atoms with Crippen LogP contribution >= 0.6 is 12.0 Å². The number of rotatable bonds is 13. The van der Waals surface area contributed by atoms with Crippen molar-refractivity contribution >= 4 is 89.1 Å². The normalized spacial score (nSPS) is 11.3. The quantitative estimate of drug-likeness (QED) is 0.0229. The summed E-state index contributed by atoms with van der Waals surface area (Å²) >= 11 is 0.336. The number of nitrogens with zero attached hydrogens (tertiary/aromatic N) is 7. The molecule has 330 valence electrons. The molecule has 25 heteroatoms. The Morgan fingerprint density at radius 3 is 1.94 bits per heavy atom. The molecule has 0 saturated heterocycles. The zero-order valence-corrected chi connectivity index (χ0v) is 41.0. The van der Waals surface area contributed by atoms with Gasteiger partial charge in [0.05, 0.1) is 54.5 Å². The number of carbonyl (C=O) groups is 2. The Morgan fingerprint density at radius 1 is 0.721 bits per heavy atom. The van der Waals surface area contributed by atoms with Crippen LogP contribution in [0.1, 0.15) is 27.6 Å². The molecule has 0 radical (unpaired) electrons. The fourth-order valence-corrected chi connectivity index (χ4v) is 8.48. The van der Waals surface area contributed by atoms with E-state index in [1.165, 1.54) is 48.5 Å². The maximum absolute atomic E-state index is 14.0. The van der Waals surface area contributed by atoms with E-state index in [0.29, 0.717) is 24.1 Å². The predicted molar refractivity (Wildman–Crippen MR) is 230 cm³/mol. The standard InChI is InChI=1S/C43H27N7O14S2.2Na/c1-2-47-40-29-6-4-3-5-23(29)11-17-34(40)44-41(47)32-21-37(62-43(52)25-9-14-27(15-10-25)50(55)56)35(22-36(32)61-42(51)24-7-12-26(13-8-24)49(53)54)48-45-33-18-16-30-31(39(33)46-48)19-28(66(58,59)60)20-38(30)65-64-63-57;;/h3-22,57H,2H2,1H3,(H,58,59,60);;/q;2*+1/p-2. The van der Waals surface area contributed by atoms with Gasteiger partial charge < -0.3 is 23.9 Å². The van der Waals surface area contributed by atoms with Crippen molar-refractivity contribution in [2.75, 3.05) is 0 Å².